The van der Waals surface area contributed by atoms with Gasteiger partial charge in [0.1, 0.15) is 4.90 Å². The van der Waals surface area contributed by atoms with Crippen LogP contribution in [0.15, 0.2) is 65.8 Å². The average Bonchev–Trinajstić information content (AvgIpc) is 2.72. The zero-order valence-corrected chi connectivity index (χ0v) is 16.0. The monoisotopic (exact) mass is 425 g/mol. The maximum absolute atomic E-state index is 13.4. The van der Waals surface area contributed by atoms with Gasteiger partial charge in [0.25, 0.3) is 0 Å². The number of alkyl halides is 3. The van der Waals surface area contributed by atoms with Crippen LogP contribution in [0.3, 0.4) is 0 Å². The van der Waals surface area contributed by atoms with Crippen LogP contribution in [-0.4, -0.2) is 60.9 Å². The van der Waals surface area contributed by atoms with Gasteiger partial charge in [-0.05, 0) is 17.7 Å². The largest absolute Gasteiger partial charge is 0.417 e. The molecule has 1 aromatic heterocycles. The average molecular weight is 425 g/mol. The first-order valence-corrected chi connectivity index (χ1v) is 10.2. The topological polar surface area (TPSA) is 70.6 Å². The normalized spacial score (nSPS) is 16.7. The first-order valence-electron chi connectivity index (χ1n) is 8.73. The Morgan fingerprint density at radius 3 is 2.21 bits per heavy atom. The van der Waals surface area contributed by atoms with Gasteiger partial charge in [0, 0.05) is 44.6 Å². The SMILES string of the molecule is O=C(/C=C(\c1ccccc1)C(F)(F)F)N1CCN(S(=O)(=O)c2cccnc2)CC1. The molecular weight excluding hydrogens is 407 g/mol. The van der Waals surface area contributed by atoms with Crippen LogP contribution in [0.4, 0.5) is 13.2 Å². The maximum Gasteiger partial charge on any atom is 0.417 e. The molecule has 0 spiro atoms. The molecule has 1 aliphatic heterocycles. The van der Waals surface area contributed by atoms with E-state index in [1.54, 1.807) is 6.07 Å². The molecule has 0 bridgehead atoms. The van der Waals surface area contributed by atoms with E-state index in [1.807, 2.05) is 0 Å². The summed E-state index contributed by atoms with van der Waals surface area (Å²) in [4.78, 5) is 17.5. The Kier molecular flexibility index (Phi) is 6.04. The summed E-state index contributed by atoms with van der Waals surface area (Å²) in [5.74, 6) is -0.806. The zero-order valence-electron chi connectivity index (χ0n) is 15.2. The van der Waals surface area contributed by atoms with Crippen molar-refractivity contribution in [2.24, 2.45) is 0 Å². The lowest BCUT2D eigenvalue weighted by Crippen LogP contribution is -2.50. The third kappa shape index (κ3) is 4.83. The first kappa shape index (κ1) is 21.0. The second kappa shape index (κ2) is 8.34. The minimum atomic E-state index is -4.69. The number of sulfonamides is 1. The Bertz CT molecular complexity index is 986. The Labute approximate surface area is 166 Å². The molecular formula is C19H18F3N3O3S. The summed E-state index contributed by atoms with van der Waals surface area (Å²) in [6, 6.07) is 9.98. The van der Waals surface area contributed by atoms with Crippen LogP contribution >= 0.6 is 0 Å². The van der Waals surface area contributed by atoms with Gasteiger partial charge in [0.2, 0.25) is 15.9 Å². The molecule has 1 saturated heterocycles. The summed E-state index contributed by atoms with van der Waals surface area (Å²) >= 11 is 0. The van der Waals surface area contributed by atoms with Gasteiger partial charge in [0.05, 0.1) is 5.57 Å². The number of hydrogen-bond donors (Lipinski definition) is 0. The molecule has 154 valence electrons. The molecule has 1 aliphatic rings. The van der Waals surface area contributed by atoms with Crippen LogP contribution in [0.25, 0.3) is 5.57 Å². The van der Waals surface area contributed by atoms with Gasteiger partial charge in [-0.15, -0.1) is 0 Å². The summed E-state index contributed by atoms with van der Waals surface area (Å²) < 4.78 is 66.6. The highest BCUT2D eigenvalue weighted by atomic mass is 32.2. The number of hydrogen-bond acceptors (Lipinski definition) is 4. The highest BCUT2D eigenvalue weighted by Crippen LogP contribution is 2.33. The van der Waals surface area contributed by atoms with E-state index in [9.17, 15) is 26.4 Å². The lowest BCUT2D eigenvalue weighted by molar-refractivity contribution is -0.127. The summed E-state index contributed by atoms with van der Waals surface area (Å²) in [6.07, 6.45) is -1.44. The van der Waals surface area contributed by atoms with Gasteiger partial charge in [0.15, 0.2) is 0 Å². The van der Waals surface area contributed by atoms with E-state index in [1.165, 1.54) is 58.0 Å². The Balaban J connectivity index is 1.73. The maximum atomic E-state index is 13.4. The van der Waals surface area contributed by atoms with Crippen molar-refractivity contribution in [2.45, 2.75) is 11.1 Å². The van der Waals surface area contributed by atoms with Crippen LogP contribution in [0.5, 0.6) is 0 Å². The molecule has 1 aromatic carbocycles. The number of nitrogens with zero attached hydrogens (tertiary/aromatic N) is 3. The molecule has 2 heterocycles. The van der Waals surface area contributed by atoms with Gasteiger partial charge in [-0.25, -0.2) is 8.42 Å². The predicted molar refractivity (Wildman–Crippen MR) is 100 cm³/mol. The third-order valence-corrected chi connectivity index (χ3v) is 6.36. The van der Waals surface area contributed by atoms with E-state index in [2.05, 4.69) is 4.98 Å². The smallest absolute Gasteiger partial charge is 0.337 e. The molecule has 1 amide bonds. The first-order chi connectivity index (χ1) is 13.7. The lowest BCUT2D eigenvalue weighted by Gasteiger charge is -2.33. The van der Waals surface area contributed by atoms with Gasteiger partial charge in [-0.2, -0.15) is 17.5 Å². The summed E-state index contributed by atoms with van der Waals surface area (Å²) in [7, 11) is -3.76. The van der Waals surface area contributed by atoms with E-state index >= 15 is 0 Å². The quantitative estimate of drug-likeness (QED) is 0.706. The molecule has 3 rings (SSSR count). The van der Waals surface area contributed by atoms with Crippen LogP contribution in [0.2, 0.25) is 0 Å². The number of rotatable bonds is 4. The molecule has 0 atom stereocenters. The second-order valence-electron chi connectivity index (χ2n) is 6.34. The Morgan fingerprint density at radius 2 is 1.66 bits per heavy atom. The highest BCUT2D eigenvalue weighted by Gasteiger charge is 2.36. The Morgan fingerprint density at radius 1 is 1.00 bits per heavy atom. The van der Waals surface area contributed by atoms with Crippen molar-refractivity contribution >= 4 is 21.5 Å². The number of piperazine rings is 1. The van der Waals surface area contributed by atoms with Crippen LogP contribution in [0.1, 0.15) is 5.56 Å². The van der Waals surface area contributed by atoms with Crippen molar-refractivity contribution in [3.05, 3.63) is 66.5 Å². The number of amides is 1. The number of carbonyl (C=O) groups is 1. The Hall–Kier alpha value is -2.72. The van der Waals surface area contributed by atoms with Crippen molar-refractivity contribution in [3.8, 4) is 0 Å². The van der Waals surface area contributed by atoms with Crippen molar-refractivity contribution in [3.63, 3.8) is 0 Å². The fourth-order valence-corrected chi connectivity index (χ4v) is 4.35. The van der Waals surface area contributed by atoms with Crippen LogP contribution < -0.4 is 0 Å². The summed E-state index contributed by atoms with van der Waals surface area (Å²) in [6.45, 7) is -0.0313. The standard InChI is InChI=1S/C19H18F3N3O3S/c20-19(21,22)17(15-5-2-1-3-6-15)13-18(26)24-9-11-25(12-10-24)29(27,28)16-7-4-8-23-14-16/h1-8,13-14H,9-12H2/b17-13+. The highest BCUT2D eigenvalue weighted by molar-refractivity contribution is 7.89. The molecule has 0 aliphatic carbocycles. The predicted octanol–water partition coefficient (Wildman–Crippen LogP) is 2.56. The van der Waals surface area contributed by atoms with Gasteiger partial charge >= 0.3 is 6.18 Å². The van der Waals surface area contributed by atoms with E-state index < -0.39 is 27.7 Å². The molecule has 0 saturated carbocycles. The number of allylic oxidation sites excluding steroid dienone is 1. The molecule has 10 heteroatoms. The third-order valence-electron chi connectivity index (χ3n) is 4.48. The van der Waals surface area contributed by atoms with E-state index in [0.717, 1.165) is 0 Å². The number of halogens is 3. The second-order valence-corrected chi connectivity index (χ2v) is 8.28. The molecule has 2 aromatic rings. The van der Waals surface area contributed by atoms with Crippen molar-refractivity contribution in [1.29, 1.82) is 0 Å². The van der Waals surface area contributed by atoms with Crippen molar-refractivity contribution in [2.75, 3.05) is 26.2 Å². The van der Waals surface area contributed by atoms with Crippen molar-refractivity contribution < 1.29 is 26.4 Å². The van der Waals surface area contributed by atoms with E-state index in [-0.39, 0.29) is 36.6 Å². The minimum absolute atomic E-state index is 0.00521. The molecule has 6 nitrogen and oxygen atoms in total. The molecule has 0 unspecified atom stereocenters. The van der Waals surface area contributed by atoms with E-state index in [0.29, 0.717) is 6.08 Å². The molecule has 0 N–H and O–H groups in total. The molecule has 1 fully saturated rings. The number of pyridine rings is 1. The van der Waals surface area contributed by atoms with Gasteiger partial charge < -0.3 is 4.90 Å². The van der Waals surface area contributed by atoms with Gasteiger partial charge in [-0.3, -0.25) is 9.78 Å². The summed E-state index contributed by atoms with van der Waals surface area (Å²) in [5.41, 5.74) is -1.14. The number of aromatic nitrogens is 1. The fourth-order valence-electron chi connectivity index (χ4n) is 2.96. The molecule has 0 radical (unpaired) electrons. The van der Waals surface area contributed by atoms with Crippen LogP contribution in [0, 0.1) is 0 Å². The minimum Gasteiger partial charge on any atom is -0.337 e. The molecule has 29 heavy (non-hydrogen) atoms. The van der Waals surface area contributed by atoms with E-state index in [4.69, 9.17) is 0 Å². The summed E-state index contributed by atoms with van der Waals surface area (Å²) in [5, 5.41) is 0. The number of carbonyl (C=O) groups excluding carboxylic acids is 1. The number of benzene rings is 1. The van der Waals surface area contributed by atoms with Crippen molar-refractivity contribution in [1.82, 2.24) is 14.2 Å². The van der Waals surface area contributed by atoms with Gasteiger partial charge in [-0.1, -0.05) is 30.3 Å². The fraction of sp³-hybridized carbons (Fsp3) is 0.263. The lowest BCUT2D eigenvalue weighted by atomic mass is 10.0. The zero-order chi connectivity index (χ0) is 21.1. The van der Waals surface area contributed by atoms with Crippen LogP contribution in [-0.2, 0) is 14.8 Å².